The normalized spacial score (nSPS) is 11.8. The van der Waals surface area contributed by atoms with Gasteiger partial charge >= 0.3 is 0 Å². The quantitative estimate of drug-likeness (QED) is 0.756. The third kappa shape index (κ3) is 4.26. The summed E-state index contributed by atoms with van der Waals surface area (Å²) in [6.45, 7) is 0.514. The lowest BCUT2D eigenvalue weighted by Crippen LogP contribution is -2.36. The lowest BCUT2D eigenvalue weighted by atomic mass is 10.1. The van der Waals surface area contributed by atoms with Gasteiger partial charge in [0.05, 0.1) is 20.4 Å². The number of carbonyl (C=O) groups is 1. The first-order valence-corrected chi connectivity index (χ1v) is 7.73. The van der Waals surface area contributed by atoms with Gasteiger partial charge in [-0.1, -0.05) is 6.07 Å². The molecule has 7 nitrogen and oxygen atoms in total. The second-order valence-electron chi connectivity index (χ2n) is 5.39. The molecule has 1 atom stereocenters. The van der Waals surface area contributed by atoms with Crippen LogP contribution in [0.25, 0.3) is 0 Å². The Hall–Kier alpha value is -2.54. The van der Waals surface area contributed by atoms with Crippen LogP contribution in [0.5, 0.6) is 11.5 Å². The van der Waals surface area contributed by atoms with E-state index in [0.717, 1.165) is 22.6 Å². The summed E-state index contributed by atoms with van der Waals surface area (Å²) in [5, 5.41) is 10.1. The van der Waals surface area contributed by atoms with Gasteiger partial charge in [0.1, 0.15) is 17.5 Å². The van der Waals surface area contributed by atoms with Crippen molar-refractivity contribution in [1.29, 1.82) is 0 Å². The fraction of sp³-hybridized carbons (Fsp3) is 0.412. The summed E-state index contributed by atoms with van der Waals surface area (Å²) in [6, 6.07) is 5.24. The van der Waals surface area contributed by atoms with Gasteiger partial charge in [0, 0.05) is 31.4 Å². The Morgan fingerprint density at radius 2 is 2.12 bits per heavy atom. The molecule has 24 heavy (non-hydrogen) atoms. The molecule has 1 amide bonds. The third-order valence-corrected chi connectivity index (χ3v) is 3.80. The maximum Gasteiger partial charge on any atom is 0.241 e. The van der Waals surface area contributed by atoms with E-state index in [1.807, 2.05) is 31.4 Å². The van der Waals surface area contributed by atoms with Crippen LogP contribution in [0.15, 0.2) is 30.6 Å². The molecule has 0 spiro atoms. The van der Waals surface area contributed by atoms with Gasteiger partial charge in [-0.3, -0.25) is 9.48 Å². The van der Waals surface area contributed by atoms with E-state index in [1.165, 1.54) is 0 Å². The molecule has 130 valence electrons. The molecule has 1 heterocycles. The molecule has 2 rings (SSSR count). The van der Waals surface area contributed by atoms with Crippen molar-refractivity contribution in [2.24, 2.45) is 7.05 Å². The third-order valence-electron chi connectivity index (χ3n) is 3.80. The number of aryl methyl sites for hydroxylation is 1. The van der Waals surface area contributed by atoms with Crippen molar-refractivity contribution in [1.82, 2.24) is 20.4 Å². The van der Waals surface area contributed by atoms with E-state index < -0.39 is 6.04 Å². The zero-order valence-corrected chi connectivity index (χ0v) is 14.5. The average molecular weight is 332 g/mol. The topological polar surface area (TPSA) is 77.4 Å². The maximum atomic E-state index is 12.4. The fourth-order valence-corrected chi connectivity index (χ4v) is 2.52. The molecule has 1 unspecified atom stereocenters. The smallest absolute Gasteiger partial charge is 0.241 e. The SMILES string of the molecule is CNC(C(=O)NCCc1ccc(OC)cc1OC)c1cnn(C)c1. The lowest BCUT2D eigenvalue weighted by molar-refractivity contribution is -0.123. The molecule has 1 aromatic heterocycles. The van der Waals surface area contributed by atoms with E-state index >= 15 is 0 Å². The number of aromatic nitrogens is 2. The molecule has 0 saturated carbocycles. The number of ether oxygens (including phenoxy) is 2. The van der Waals surface area contributed by atoms with E-state index in [2.05, 4.69) is 15.7 Å². The van der Waals surface area contributed by atoms with Gasteiger partial charge in [-0.25, -0.2) is 0 Å². The molecule has 0 fully saturated rings. The van der Waals surface area contributed by atoms with Gasteiger partial charge in [-0.15, -0.1) is 0 Å². The molecule has 0 radical (unpaired) electrons. The van der Waals surface area contributed by atoms with Gasteiger partial charge in [0.15, 0.2) is 0 Å². The Morgan fingerprint density at radius 1 is 1.33 bits per heavy atom. The molecule has 2 aromatic rings. The molecule has 0 aliphatic carbocycles. The van der Waals surface area contributed by atoms with Crippen LogP contribution in [0.2, 0.25) is 0 Å². The highest BCUT2D eigenvalue weighted by atomic mass is 16.5. The minimum absolute atomic E-state index is 0.0852. The fourth-order valence-electron chi connectivity index (χ4n) is 2.52. The standard InChI is InChI=1S/C17H24N4O3/c1-18-16(13-10-20-21(2)11-13)17(22)19-8-7-12-5-6-14(23-3)9-15(12)24-4/h5-6,9-11,16,18H,7-8H2,1-4H3,(H,19,22). The van der Waals surface area contributed by atoms with Crippen LogP contribution < -0.4 is 20.1 Å². The van der Waals surface area contributed by atoms with Gasteiger partial charge in [-0.2, -0.15) is 5.10 Å². The number of hydrogen-bond donors (Lipinski definition) is 2. The first-order chi connectivity index (χ1) is 11.6. The summed E-state index contributed by atoms with van der Waals surface area (Å²) in [5.74, 6) is 1.41. The number of benzene rings is 1. The molecule has 0 bridgehead atoms. The predicted octanol–water partition coefficient (Wildman–Crippen LogP) is 1.06. The van der Waals surface area contributed by atoms with Crippen molar-refractivity contribution < 1.29 is 14.3 Å². The Labute approximate surface area is 142 Å². The first kappa shape index (κ1) is 17.8. The Kier molecular flexibility index (Phi) is 6.20. The molecule has 0 saturated heterocycles. The first-order valence-electron chi connectivity index (χ1n) is 7.73. The van der Waals surface area contributed by atoms with Crippen LogP contribution in [0, 0.1) is 0 Å². The number of nitrogens with zero attached hydrogens (tertiary/aromatic N) is 2. The highest BCUT2D eigenvalue weighted by molar-refractivity contribution is 5.83. The zero-order valence-electron chi connectivity index (χ0n) is 14.5. The van der Waals surface area contributed by atoms with Crippen LogP contribution in [-0.4, -0.2) is 43.5 Å². The van der Waals surface area contributed by atoms with Gasteiger partial charge in [-0.05, 0) is 25.1 Å². The summed E-state index contributed by atoms with van der Waals surface area (Å²) >= 11 is 0. The lowest BCUT2D eigenvalue weighted by Gasteiger charge is -2.15. The Bertz CT molecular complexity index is 684. The van der Waals surface area contributed by atoms with Crippen LogP contribution in [0.3, 0.4) is 0 Å². The minimum Gasteiger partial charge on any atom is -0.497 e. The minimum atomic E-state index is -0.420. The monoisotopic (exact) mass is 332 g/mol. The summed E-state index contributed by atoms with van der Waals surface area (Å²) in [6.07, 6.45) is 4.18. The number of rotatable bonds is 8. The van der Waals surface area contributed by atoms with Crippen molar-refractivity contribution in [3.8, 4) is 11.5 Å². The number of hydrogen-bond acceptors (Lipinski definition) is 5. The molecule has 2 N–H and O–H groups in total. The average Bonchev–Trinajstić information content (AvgIpc) is 3.01. The summed E-state index contributed by atoms with van der Waals surface area (Å²) in [7, 11) is 6.81. The van der Waals surface area contributed by atoms with E-state index in [0.29, 0.717) is 13.0 Å². The van der Waals surface area contributed by atoms with Crippen LogP contribution in [0.1, 0.15) is 17.2 Å². The molecule has 1 aromatic carbocycles. The van der Waals surface area contributed by atoms with Gasteiger partial charge in [0.25, 0.3) is 0 Å². The number of amides is 1. The van der Waals surface area contributed by atoms with E-state index in [-0.39, 0.29) is 5.91 Å². The van der Waals surface area contributed by atoms with Gasteiger partial charge < -0.3 is 20.1 Å². The van der Waals surface area contributed by atoms with E-state index in [1.54, 1.807) is 32.1 Å². The molecule has 0 aliphatic rings. The number of likely N-dealkylation sites (N-methyl/N-ethyl adjacent to an activating group) is 1. The van der Waals surface area contributed by atoms with Crippen molar-refractivity contribution in [2.45, 2.75) is 12.5 Å². The summed E-state index contributed by atoms with van der Waals surface area (Å²) in [4.78, 5) is 12.4. The summed E-state index contributed by atoms with van der Waals surface area (Å²) < 4.78 is 12.2. The highest BCUT2D eigenvalue weighted by Crippen LogP contribution is 2.24. The van der Waals surface area contributed by atoms with Crippen molar-refractivity contribution in [3.05, 3.63) is 41.7 Å². The number of methoxy groups -OCH3 is 2. The van der Waals surface area contributed by atoms with Crippen LogP contribution in [-0.2, 0) is 18.3 Å². The largest absolute Gasteiger partial charge is 0.497 e. The van der Waals surface area contributed by atoms with E-state index in [9.17, 15) is 4.79 Å². The van der Waals surface area contributed by atoms with Crippen molar-refractivity contribution in [3.63, 3.8) is 0 Å². The predicted molar refractivity (Wildman–Crippen MR) is 91.3 cm³/mol. The second-order valence-corrected chi connectivity index (χ2v) is 5.39. The molecular weight excluding hydrogens is 308 g/mol. The Morgan fingerprint density at radius 3 is 2.71 bits per heavy atom. The molecule has 7 heteroatoms. The van der Waals surface area contributed by atoms with Crippen LogP contribution in [0.4, 0.5) is 0 Å². The second kappa shape index (κ2) is 8.35. The summed E-state index contributed by atoms with van der Waals surface area (Å²) in [5.41, 5.74) is 1.85. The zero-order chi connectivity index (χ0) is 17.5. The number of carbonyl (C=O) groups excluding carboxylic acids is 1. The molecule has 0 aliphatic heterocycles. The van der Waals surface area contributed by atoms with E-state index in [4.69, 9.17) is 9.47 Å². The van der Waals surface area contributed by atoms with Crippen LogP contribution >= 0.6 is 0 Å². The number of nitrogens with one attached hydrogen (secondary N) is 2. The molecular formula is C17H24N4O3. The van der Waals surface area contributed by atoms with Crippen molar-refractivity contribution >= 4 is 5.91 Å². The maximum absolute atomic E-state index is 12.4. The van der Waals surface area contributed by atoms with Crippen molar-refractivity contribution in [2.75, 3.05) is 27.8 Å². The highest BCUT2D eigenvalue weighted by Gasteiger charge is 2.19. The Balaban J connectivity index is 1.94. The van der Waals surface area contributed by atoms with Gasteiger partial charge in [0.2, 0.25) is 5.91 Å².